The molecule has 2 nitrogen and oxygen atoms in total. The average molecular weight is 159 g/mol. The van der Waals surface area contributed by atoms with Gasteiger partial charge in [-0.3, -0.25) is 0 Å². The summed E-state index contributed by atoms with van der Waals surface area (Å²) in [5.41, 5.74) is 0. The van der Waals surface area contributed by atoms with E-state index in [0.717, 1.165) is 19.6 Å². The Bertz CT molecular complexity index is 77.6. The van der Waals surface area contributed by atoms with Crippen molar-refractivity contribution in [2.75, 3.05) is 19.6 Å². The second-order valence-electron chi connectivity index (χ2n) is 3.15. The molecule has 0 amide bonds. The Morgan fingerprint density at radius 2 is 1.64 bits per heavy atom. The molecule has 11 heavy (non-hydrogen) atoms. The largest absolute Gasteiger partial charge is 0.392 e. The molecule has 0 saturated heterocycles. The van der Waals surface area contributed by atoms with Crippen molar-refractivity contribution in [3.05, 3.63) is 0 Å². The number of nitrogens with zero attached hydrogens (tertiary/aromatic N) is 1. The van der Waals surface area contributed by atoms with Gasteiger partial charge in [-0.2, -0.15) is 0 Å². The second-order valence-corrected chi connectivity index (χ2v) is 3.15. The quantitative estimate of drug-likeness (QED) is 0.634. The zero-order valence-electron chi connectivity index (χ0n) is 8.01. The molecule has 0 fully saturated rings. The number of rotatable bonds is 6. The van der Waals surface area contributed by atoms with Crippen molar-refractivity contribution in [3.63, 3.8) is 0 Å². The molecule has 0 aromatic heterocycles. The van der Waals surface area contributed by atoms with Crippen LogP contribution in [0.1, 0.15) is 33.6 Å². The monoisotopic (exact) mass is 159 g/mol. The van der Waals surface area contributed by atoms with Crippen molar-refractivity contribution < 1.29 is 5.11 Å². The molecule has 68 valence electrons. The van der Waals surface area contributed by atoms with E-state index in [2.05, 4.69) is 18.7 Å². The van der Waals surface area contributed by atoms with E-state index in [0.29, 0.717) is 0 Å². The lowest BCUT2D eigenvalue weighted by atomic mass is 10.3. The topological polar surface area (TPSA) is 23.5 Å². The van der Waals surface area contributed by atoms with Gasteiger partial charge in [-0.05, 0) is 32.9 Å². The first kappa shape index (κ1) is 10.9. The summed E-state index contributed by atoms with van der Waals surface area (Å²) >= 11 is 0. The molecule has 0 aromatic carbocycles. The van der Waals surface area contributed by atoms with E-state index in [9.17, 15) is 0 Å². The maximum absolute atomic E-state index is 9.13. The normalized spacial score (nSPS) is 13.9. The molecule has 0 spiro atoms. The third kappa shape index (κ3) is 6.32. The van der Waals surface area contributed by atoms with Gasteiger partial charge >= 0.3 is 0 Å². The highest BCUT2D eigenvalue weighted by atomic mass is 16.3. The maximum Gasteiger partial charge on any atom is 0.0639 e. The molecular weight excluding hydrogens is 138 g/mol. The van der Waals surface area contributed by atoms with Crippen LogP contribution >= 0.6 is 0 Å². The Morgan fingerprint density at radius 3 is 1.91 bits per heavy atom. The van der Waals surface area contributed by atoms with Gasteiger partial charge in [0.25, 0.3) is 0 Å². The Kier molecular flexibility index (Phi) is 6.57. The molecule has 1 atom stereocenters. The van der Waals surface area contributed by atoms with Crippen molar-refractivity contribution in [3.8, 4) is 0 Å². The summed E-state index contributed by atoms with van der Waals surface area (Å²) in [7, 11) is 0. The smallest absolute Gasteiger partial charge is 0.0639 e. The molecule has 0 bridgehead atoms. The highest BCUT2D eigenvalue weighted by Gasteiger charge is 2.04. The van der Waals surface area contributed by atoms with Gasteiger partial charge < -0.3 is 10.0 Å². The number of hydrogen-bond acceptors (Lipinski definition) is 2. The Balaban J connectivity index is 3.50. The van der Waals surface area contributed by atoms with Gasteiger partial charge in [0, 0.05) is 6.54 Å². The molecule has 0 radical (unpaired) electrons. The number of hydrogen-bond donors (Lipinski definition) is 1. The fourth-order valence-electron chi connectivity index (χ4n) is 1.30. The van der Waals surface area contributed by atoms with Crippen LogP contribution in [0.3, 0.4) is 0 Å². The Hall–Kier alpha value is -0.0800. The average Bonchev–Trinajstić information content (AvgIpc) is 1.87. The molecule has 0 saturated carbocycles. The van der Waals surface area contributed by atoms with E-state index in [4.69, 9.17) is 5.11 Å². The predicted octanol–water partition coefficient (Wildman–Crippen LogP) is 1.49. The zero-order chi connectivity index (χ0) is 8.69. The summed E-state index contributed by atoms with van der Waals surface area (Å²) in [6.45, 7) is 9.23. The van der Waals surface area contributed by atoms with Gasteiger partial charge in [0.05, 0.1) is 6.10 Å². The minimum absolute atomic E-state index is 0.187. The number of aliphatic hydroxyl groups is 1. The fourth-order valence-corrected chi connectivity index (χ4v) is 1.30. The first-order valence-corrected chi connectivity index (χ1v) is 4.61. The molecule has 0 aliphatic carbocycles. The van der Waals surface area contributed by atoms with Crippen LogP contribution in [0, 0.1) is 0 Å². The molecule has 1 N–H and O–H groups in total. The Labute approximate surface area is 70.2 Å². The van der Waals surface area contributed by atoms with Crippen LogP contribution in [0.15, 0.2) is 0 Å². The van der Waals surface area contributed by atoms with Gasteiger partial charge in [-0.1, -0.05) is 13.8 Å². The fraction of sp³-hybridized carbons (Fsp3) is 1.00. The molecule has 0 rings (SSSR count). The van der Waals surface area contributed by atoms with Gasteiger partial charge in [-0.25, -0.2) is 0 Å². The SMILES string of the molecule is CCCN(CCC)CC(C)O. The molecule has 2 heteroatoms. The highest BCUT2D eigenvalue weighted by Crippen LogP contribution is 1.95. The lowest BCUT2D eigenvalue weighted by Gasteiger charge is -2.22. The standard InChI is InChI=1S/C9H21NO/c1-4-6-10(7-5-2)8-9(3)11/h9,11H,4-8H2,1-3H3. The van der Waals surface area contributed by atoms with Crippen LogP contribution in [0.2, 0.25) is 0 Å². The van der Waals surface area contributed by atoms with Crippen molar-refractivity contribution in [1.29, 1.82) is 0 Å². The highest BCUT2D eigenvalue weighted by molar-refractivity contribution is 4.59. The van der Waals surface area contributed by atoms with Crippen molar-refractivity contribution in [2.24, 2.45) is 0 Å². The first-order chi connectivity index (χ1) is 5.20. The van der Waals surface area contributed by atoms with Crippen LogP contribution in [0.25, 0.3) is 0 Å². The summed E-state index contributed by atoms with van der Waals surface area (Å²) in [6, 6.07) is 0. The van der Waals surface area contributed by atoms with Gasteiger partial charge in [0.2, 0.25) is 0 Å². The molecule has 0 aliphatic rings. The van der Waals surface area contributed by atoms with Crippen molar-refractivity contribution in [1.82, 2.24) is 4.90 Å². The van der Waals surface area contributed by atoms with Gasteiger partial charge in [-0.15, -0.1) is 0 Å². The predicted molar refractivity (Wildman–Crippen MR) is 48.7 cm³/mol. The lowest BCUT2D eigenvalue weighted by Crippen LogP contribution is -2.32. The van der Waals surface area contributed by atoms with Crippen LogP contribution in [0.4, 0.5) is 0 Å². The van der Waals surface area contributed by atoms with E-state index in [1.54, 1.807) is 0 Å². The number of aliphatic hydroxyl groups excluding tert-OH is 1. The summed E-state index contributed by atoms with van der Waals surface area (Å²) in [5, 5.41) is 9.13. The maximum atomic E-state index is 9.13. The zero-order valence-corrected chi connectivity index (χ0v) is 8.01. The second kappa shape index (κ2) is 6.62. The van der Waals surface area contributed by atoms with Gasteiger partial charge in [0.1, 0.15) is 0 Å². The molecule has 0 aromatic rings. The van der Waals surface area contributed by atoms with Crippen LogP contribution in [-0.2, 0) is 0 Å². The summed E-state index contributed by atoms with van der Waals surface area (Å²) in [5.74, 6) is 0. The molecular formula is C9H21NO. The first-order valence-electron chi connectivity index (χ1n) is 4.61. The van der Waals surface area contributed by atoms with E-state index >= 15 is 0 Å². The minimum Gasteiger partial charge on any atom is -0.392 e. The molecule has 1 unspecified atom stereocenters. The van der Waals surface area contributed by atoms with Crippen LogP contribution < -0.4 is 0 Å². The van der Waals surface area contributed by atoms with E-state index in [-0.39, 0.29) is 6.10 Å². The van der Waals surface area contributed by atoms with Crippen molar-refractivity contribution in [2.45, 2.75) is 39.7 Å². The lowest BCUT2D eigenvalue weighted by molar-refractivity contribution is 0.126. The van der Waals surface area contributed by atoms with E-state index in [1.807, 2.05) is 6.92 Å². The molecule has 0 aliphatic heterocycles. The molecule has 0 heterocycles. The minimum atomic E-state index is -0.187. The van der Waals surface area contributed by atoms with Gasteiger partial charge in [0.15, 0.2) is 0 Å². The summed E-state index contributed by atoms with van der Waals surface area (Å²) < 4.78 is 0. The Morgan fingerprint density at radius 1 is 1.18 bits per heavy atom. The third-order valence-corrected chi connectivity index (χ3v) is 1.60. The summed E-state index contributed by atoms with van der Waals surface area (Å²) in [4.78, 5) is 2.31. The van der Waals surface area contributed by atoms with E-state index < -0.39 is 0 Å². The van der Waals surface area contributed by atoms with Crippen LogP contribution in [-0.4, -0.2) is 35.7 Å². The van der Waals surface area contributed by atoms with Crippen molar-refractivity contribution >= 4 is 0 Å². The van der Waals surface area contributed by atoms with Crippen LogP contribution in [0.5, 0.6) is 0 Å². The summed E-state index contributed by atoms with van der Waals surface area (Å²) in [6.07, 6.45) is 2.16. The third-order valence-electron chi connectivity index (χ3n) is 1.60. The van der Waals surface area contributed by atoms with E-state index in [1.165, 1.54) is 12.8 Å².